The van der Waals surface area contributed by atoms with E-state index in [9.17, 15) is 0 Å². The molecule has 1 aromatic rings. The van der Waals surface area contributed by atoms with E-state index in [4.69, 9.17) is 15.0 Å². The van der Waals surface area contributed by atoms with E-state index in [1.54, 1.807) is 0 Å². The van der Waals surface area contributed by atoms with Crippen molar-refractivity contribution in [2.24, 2.45) is 0 Å². The first-order chi connectivity index (χ1) is 7.77. The number of anilines is 1. The molecule has 0 aromatic carbocycles. The lowest BCUT2D eigenvalue weighted by Crippen LogP contribution is -2.30. The van der Waals surface area contributed by atoms with Crippen molar-refractivity contribution in [1.82, 2.24) is 10.1 Å². The summed E-state index contributed by atoms with van der Waals surface area (Å²) < 4.78 is 10.8. The molecule has 0 saturated heterocycles. The highest BCUT2D eigenvalue weighted by atomic mass is 16.5. The molecule has 5 nitrogen and oxygen atoms in total. The Morgan fingerprint density at radius 1 is 1.31 bits per heavy atom. The van der Waals surface area contributed by atoms with E-state index in [1.807, 2.05) is 6.92 Å². The lowest BCUT2D eigenvalue weighted by atomic mass is 9.93. The van der Waals surface area contributed by atoms with Gasteiger partial charge < -0.3 is 15.0 Å². The molecule has 90 valence electrons. The van der Waals surface area contributed by atoms with Gasteiger partial charge in [-0.05, 0) is 19.8 Å². The van der Waals surface area contributed by atoms with E-state index < -0.39 is 0 Å². The molecular weight excluding hydrogens is 206 g/mol. The minimum absolute atomic E-state index is 0.123. The maximum atomic E-state index is 5.91. The Bertz CT molecular complexity index is 330. The zero-order chi connectivity index (χ0) is 11.4. The van der Waals surface area contributed by atoms with Crippen LogP contribution in [0.4, 0.5) is 6.01 Å². The van der Waals surface area contributed by atoms with Crippen LogP contribution in [0.5, 0.6) is 0 Å². The first-order valence-electron chi connectivity index (χ1n) is 6.00. The molecule has 1 saturated carbocycles. The largest absolute Gasteiger partial charge is 0.367 e. The average molecular weight is 225 g/mol. The molecule has 1 aromatic heterocycles. The standard InChI is InChI=1S/C11H19N3O2/c1-2-15-11(7-5-3-4-6-8-11)9-13-10(12)16-14-9/h2-8H2,1H3,(H2,12,13,14). The van der Waals surface area contributed by atoms with Gasteiger partial charge in [0.15, 0.2) is 0 Å². The van der Waals surface area contributed by atoms with Crippen LogP contribution in [0.25, 0.3) is 0 Å². The quantitative estimate of drug-likeness (QED) is 0.798. The van der Waals surface area contributed by atoms with Gasteiger partial charge in [-0.1, -0.05) is 30.8 Å². The van der Waals surface area contributed by atoms with Gasteiger partial charge in [0, 0.05) is 6.61 Å². The topological polar surface area (TPSA) is 74.2 Å². The summed E-state index contributed by atoms with van der Waals surface area (Å²) in [6, 6.07) is 0.123. The summed E-state index contributed by atoms with van der Waals surface area (Å²) in [4.78, 5) is 4.14. The summed E-state index contributed by atoms with van der Waals surface area (Å²) >= 11 is 0. The molecule has 1 aliphatic carbocycles. The van der Waals surface area contributed by atoms with Crippen molar-refractivity contribution in [2.45, 2.75) is 51.0 Å². The monoisotopic (exact) mass is 225 g/mol. The number of nitrogens with two attached hydrogens (primary N) is 1. The lowest BCUT2D eigenvalue weighted by molar-refractivity contribution is -0.0636. The van der Waals surface area contributed by atoms with Crippen LogP contribution in [-0.4, -0.2) is 16.7 Å². The maximum absolute atomic E-state index is 5.91. The minimum atomic E-state index is -0.369. The smallest absolute Gasteiger partial charge is 0.318 e. The maximum Gasteiger partial charge on any atom is 0.318 e. The van der Waals surface area contributed by atoms with Crippen LogP contribution in [0.2, 0.25) is 0 Å². The van der Waals surface area contributed by atoms with Gasteiger partial charge in [-0.25, -0.2) is 0 Å². The van der Waals surface area contributed by atoms with Crippen molar-refractivity contribution in [3.8, 4) is 0 Å². The highest BCUT2D eigenvalue weighted by Gasteiger charge is 2.38. The van der Waals surface area contributed by atoms with Gasteiger partial charge in [-0.2, -0.15) is 4.98 Å². The SMILES string of the molecule is CCOC1(c2noc(N)n2)CCCCCC1. The van der Waals surface area contributed by atoms with Crippen molar-refractivity contribution in [3.63, 3.8) is 0 Å². The number of ether oxygens (including phenoxy) is 1. The fourth-order valence-electron chi connectivity index (χ4n) is 2.43. The number of nitrogen functional groups attached to an aromatic ring is 1. The number of hydrogen-bond donors (Lipinski definition) is 1. The first-order valence-corrected chi connectivity index (χ1v) is 6.00. The molecule has 0 atom stereocenters. The number of rotatable bonds is 3. The van der Waals surface area contributed by atoms with Crippen molar-refractivity contribution in [1.29, 1.82) is 0 Å². The zero-order valence-corrected chi connectivity index (χ0v) is 9.74. The lowest BCUT2D eigenvalue weighted by Gasteiger charge is -2.28. The summed E-state index contributed by atoms with van der Waals surface area (Å²) in [6.45, 7) is 2.66. The number of hydrogen-bond acceptors (Lipinski definition) is 5. The molecular formula is C11H19N3O2. The Morgan fingerprint density at radius 3 is 2.50 bits per heavy atom. The van der Waals surface area contributed by atoms with Gasteiger partial charge >= 0.3 is 6.01 Å². The van der Waals surface area contributed by atoms with Gasteiger partial charge in [-0.3, -0.25) is 0 Å². The summed E-state index contributed by atoms with van der Waals surface area (Å²) in [6.07, 6.45) is 6.72. The third-order valence-electron chi connectivity index (χ3n) is 3.18. The van der Waals surface area contributed by atoms with Crippen molar-refractivity contribution in [3.05, 3.63) is 5.82 Å². The summed E-state index contributed by atoms with van der Waals surface area (Å²) in [7, 11) is 0. The molecule has 16 heavy (non-hydrogen) atoms. The van der Waals surface area contributed by atoms with E-state index in [-0.39, 0.29) is 11.6 Å². The number of aromatic nitrogens is 2. The molecule has 1 heterocycles. The average Bonchev–Trinajstić information content (AvgIpc) is 2.57. The fourth-order valence-corrected chi connectivity index (χ4v) is 2.43. The molecule has 1 aliphatic rings. The molecule has 2 N–H and O–H groups in total. The van der Waals surface area contributed by atoms with Crippen molar-refractivity contribution in [2.75, 3.05) is 12.3 Å². The predicted octanol–water partition coefficient (Wildman–Crippen LogP) is 2.24. The number of nitrogens with zero attached hydrogens (tertiary/aromatic N) is 2. The minimum Gasteiger partial charge on any atom is -0.367 e. The van der Waals surface area contributed by atoms with Gasteiger partial charge in [0.05, 0.1) is 0 Å². The van der Waals surface area contributed by atoms with E-state index in [1.165, 1.54) is 12.8 Å². The second kappa shape index (κ2) is 4.82. The van der Waals surface area contributed by atoms with Crippen LogP contribution in [0, 0.1) is 0 Å². The second-order valence-electron chi connectivity index (χ2n) is 4.30. The summed E-state index contributed by atoms with van der Waals surface area (Å²) in [5.74, 6) is 0.619. The Kier molecular flexibility index (Phi) is 3.43. The zero-order valence-electron chi connectivity index (χ0n) is 9.74. The third-order valence-corrected chi connectivity index (χ3v) is 3.18. The van der Waals surface area contributed by atoms with Crippen LogP contribution in [0.3, 0.4) is 0 Å². The molecule has 0 unspecified atom stereocenters. The second-order valence-corrected chi connectivity index (χ2v) is 4.30. The van der Waals surface area contributed by atoms with Crippen LogP contribution in [0.15, 0.2) is 4.52 Å². The van der Waals surface area contributed by atoms with Gasteiger partial charge in [0.1, 0.15) is 5.60 Å². The third kappa shape index (κ3) is 2.19. The van der Waals surface area contributed by atoms with Gasteiger partial charge in [0.25, 0.3) is 0 Å². The van der Waals surface area contributed by atoms with Gasteiger partial charge in [0.2, 0.25) is 5.82 Å². The molecule has 0 amide bonds. The molecule has 0 radical (unpaired) electrons. The van der Waals surface area contributed by atoms with Crippen molar-refractivity contribution >= 4 is 6.01 Å². The van der Waals surface area contributed by atoms with Crippen LogP contribution >= 0.6 is 0 Å². The van der Waals surface area contributed by atoms with E-state index in [0.29, 0.717) is 12.4 Å². The Morgan fingerprint density at radius 2 is 2.00 bits per heavy atom. The molecule has 5 heteroatoms. The fraction of sp³-hybridized carbons (Fsp3) is 0.818. The Balaban J connectivity index is 2.25. The molecule has 0 bridgehead atoms. The molecule has 1 fully saturated rings. The summed E-state index contributed by atoms with van der Waals surface area (Å²) in [5, 5.41) is 3.94. The molecule has 0 aliphatic heterocycles. The van der Waals surface area contributed by atoms with Gasteiger partial charge in [-0.15, -0.1) is 0 Å². The van der Waals surface area contributed by atoms with Crippen LogP contribution in [-0.2, 0) is 10.3 Å². The van der Waals surface area contributed by atoms with E-state index in [0.717, 1.165) is 25.7 Å². The predicted molar refractivity (Wildman–Crippen MR) is 59.7 cm³/mol. The Labute approximate surface area is 95.3 Å². The highest BCUT2D eigenvalue weighted by Crippen LogP contribution is 2.38. The first kappa shape index (κ1) is 11.4. The van der Waals surface area contributed by atoms with E-state index >= 15 is 0 Å². The Hall–Kier alpha value is -1.10. The van der Waals surface area contributed by atoms with Crippen LogP contribution in [0.1, 0.15) is 51.3 Å². The van der Waals surface area contributed by atoms with E-state index in [2.05, 4.69) is 10.1 Å². The van der Waals surface area contributed by atoms with Crippen molar-refractivity contribution < 1.29 is 9.26 Å². The molecule has 0 spiro atoms. The van der Waals surface area contributed by atoms with Crippen LogP contribution < -0.4 is 5.73 Å². The highest BCUT2D eigenvalue weighted by molar-refractivity contribution is 5.12. The normalized spacial score (nSPS) is 20.6. The summed E-state index contributed by atoms with van der Waals surface area (Å²) in [5.41, 5.74) is 5.11. The molecule has 2 rings (SSSR count).